The number of hydrogen-bond donors (Lipinski definition) is 1. The fourth-order valence-electron chi connectivity index (χ4n) is 4.20. The van der Waals surface area contributed by atoms with Crippen molar-refractivity contribution in [1.29, 1.82) is 0 Å². The van der Waals surface area contributed by atoms with E-state index in [2.05, 4.69) is 0 Å². The van der Waals surface area contributed by atoms with Gasteiger partial charge < -0.3 is 14.6 Å². The molecular formula is C27H24ClNO5. The lowest BCUT2D eigenvalue weighted by Gasteiger charge is -2.26. The maximum absolute atomic E-state index is 13.4. The lowest BCUT2D eigenvalue weighted by Crippen LogP contribution is -2.29. The number of amides is 1. The highest BCUT2D eigenvalue weighted by Gasteiger charge is 2.47. The van der Waals surface area contributed by atoms with Crippen molar-refractivity contribution in [3.63, 3.8) is 0 Å². The molecule has 1 saturated heterocycles. The number of aliphatic hydroxyl groups is 1. The number of para-hydroxylation sites is 1. The number of aliphatic hydroxyl groups excluding tert-OH is 1. The molecule has 0 aromatic heterocycles. The zero-order chi connectivity index (χ0) is 24.4. The Kier molecular flexibility index (Phi) is 6.61. The summed E-state index contributed by atoms with van der Waals surface area (Å²) in [5.74, 6) is -1.08. The van der Waals surface area contributed by atoms with E-state index in [4.69, 9.17) is 21.1 Å². The molecule has 3 aromatic rings. The second-order valence-corrected chi connectivity index (χ2v) is 8.24. The Bertz CT molecular complexity index is 1290. The minimum Gasteiger partial charge on any atom is -0.507 e. The molecule has 4 rings (SSSR count). The van der Waals surface area contributed by atoms with E-state index in [0.29, 0.717) is 23.6 Å². The summed E-state index contributed by atoms with van der Waals surface area (Å²) in [6.07, 6.45) is 0. The van der Waals surface area contributed by atoms with E-state index >= 15 is 0 Å². The number of nitrogens with zero attached hydrogens (tertiary/aromatic N) is 1. The second kappa shape index (κ2) is 9.61. The zero-order valence-corrected chi connectivity index (χ0v) is 19.8. The lowest BCUT2D eigenvalue weighted by molar-refractivity contribution is -0.132. The molecule has 1 N–H and O–H groups in total. The predicted molar refractivity (Wildman–Crippen MR) is 132 cm³/mol. The van der Waals surface area contributed by atoms with Gasteiger partial charge in [-0.2, -0.15) is 0 Å². The molecule has 174 valence electrons. The molecule has 0 saturated carbocycles. The fourth-order valence-corrected chi connectivity index (χ4v) is 4.55. The molecule has 34 heavy (non-hydrogen) atoms. The highest BCUT2D eigenvalue weighted by atomic mass is 35.5. The van der Waals surface area contributed by atoms with Crippen LogP contribution < -0.4 is 14.4 Å². The number of ether oxygens (including phenoxy) is 2. The molecule has 0 bridgehead atoms. The van der Waals surface area contributed by atoms with Gasteiger partial charge in [-0.15, -0.1) is 0 Å². The first-order valence-corrected chi connectivity index (χ1v) is 11.2. The van der Waals surface area contributed by atoms with E-state index in [-0.39, 0.29) is 27.7 Å². The first-order chi connectivity index (χ1) is 16.4. The third-order valence-corrected chi connectivity index (χ3v) is 5.89. The topological polar surface area (TPSA) is 76.1 Å². The molecule has 1 amide bonds. The molecule has 7 heteroatoms. The van der Waals surface area contributed by atoms with Gasteiger partial charge in [0.05, 0.1) is 35.9 Å². The average Bonchev–Trinajstić information content (AvgIpc) is 3.09. The van der Waals surface area contributed by atoms with Crippen LogP contribution >= 0.6 is 11.6 Å². The Morgan fingerprint density at radius 2 is 1.79 bits per heavy atom. The molecule has 1 aliphatic heterocycles. The van der Waals surface area contributed by atoms with Gasteiger partial charge in [0.1, 0.15) is 17.3 Å². The van der Waals surface area contributed by atoms with Crippen LogP contribution in [0.3, 0.4) is 0 Å². The number of methoxy groups -OCH3 is 1. The van der Waals surface area contributed by atoms with Crippen molar-refractivity contribution in [1.82, 2.24) is 0 Å². The Hall–Kier alpha value is -3.77. The Labute approximate surface area is 203 Å². The van der Waals surface area contributed by atoms with Gasteiger partial charge in [-0.25, -0.2) is 0 Å². The van der Waals surface area contributed by atoms with Crippen molar-refractivity contribution in [2.45, 2.75) is 19.9 Å². The van der Waals surface area contributed by atoms with Crippen LogP contribution in [0.4, 0.5) is 5.69 Å². The van der Waals surface area contributed by atoms with Crippen molar-refractivity contribution in [3.05, 3.63) is 94.0 Å². The van der Waals surface area contributed by atoms with Gasteiger partial charge in [0, 0.05) is 5.69 Å². The summed E-state index contributed by atoms with van der Waals surface area (Å²) in [7, 11) is 1.43. The summed E-state index contributed by atoms with van der Waals surface area (Å²) < 4.78 is 11.1. The molecule has 1 fully saturated rings. The third kappa shape index (κ3) is 4.13. The minimum atomic E-state index is -0.883. The van der Waals surface area contributed by atoms with Crippen LogP contribution in [0.1, 0.15) is 29.7 Å². The van der Waals surface area contributed by atoms with E-state index in [0.717, 1.165) is 5.56 Å². The van der Waals surface area contributed by atoms with Gasteiger partial charge in [0.25, 0.3) is 11.7 Å². The van der Waals surface area contributed by atoms with Crippen molar-refractivity contribution >= 4 is 34.7 Å². The SMILES string of the molecule is CCOc1cccc(C2/C(=C(\O)c3cc(C)cc(Cl)c3OC)C(=O)C(=O)N2c2ccccc2)c1. The zero-order valence-electron chi connectivity index (χ0n) is 19.0. The summed E-state index contributed by atoms with van der Waals surface area (Å²) >= 11 is 6.35. The molecular weight excluding hydrogens is 454 g/mol. The molecule has 1 heterocycles. The van der Waals surface area contributed by atoms with E-state index < -0.39 is 17.7 Å². The number of carbonyl (C=O) groups is 2. The summed E-state index contributed by atoms with van der Waals surface area (Å²) in [5.41, 5.74) is 2.10. The van der Waals surface area contributed by atoms with E-state index in [9.17, 15) is 14.7 Å². The van der Waals surface area contributed by atoms with Gasteiger partial charge in [0.15, 0.2) is 0 Å². The molecule has 1 atom stereocenters. The van der Waals surface area contributed by atoms with Gasteiger partial charge >= 0.3 is 0 Å². The number of rotatable bonds is 6. The third-order valence-electron chi connectivity index (χ3n) is 5.61. The lowest BCUT2D eigenvalue weighted by atomic mass is 9.94. The number of carbonyl (C=O) groups excluding carboxylic acids is 2. The molecule has 0 spiro atoms. The normalized spacial score (nSPS) is 17.2. The van der Waals surface area contributed by atoms with Gasteiger partial charge in [-0.05, 0) is 61.4 Å². The van der Waals surface area contributed by atoms with Gasteiger partial charge in [-0.3, -0.25) is 14.5 Å². The highest BCUT2D eigenvalue weighted by Crippen LogP contribution is 2.44. The standard InChI is InChI=1S/C27H24ClNO5/c1-4-34-19-12-8-9-17(15-19)23-22(24(30)20-13-16(2)14-21(28)26(20)33-3)25(31)27(32)29(23)18-10-6-5-7-11-18/h5-15,23,30H,4H2,1-3H3/b24-22+. The predicted octanol–water partition coefficient (Wildman–Crippen LogP) is 5.68. The van der Waals surface area contributed by atoms with Crippen LogP contribution in [0.5, 0.6) is 11.5 Å². The van der Waals surface area contributed by atoms with E-state index in [1.54, 1.807) is 60.7 Å². The smallest absolute Gasteiger partial charge is 0.300 e. The largest absolute Gasteiger partial charge is 0.507 e. The van der Waals surface area contributed by atoms with Gasteiger partial charge in [-0.1, -0.05) is 41.9 Å². The molecule has 6 nitrogen and oxygen atoms in total. The van der Waals surface area contributed by atoms with Crippen molar-refractivity contribution in [2.75, 3.05) is 18.6 Å². The summed E-state index contributed by atoms with van der Waals surface area (Å²) in [5, 5.41) is 11.7. The van der Waals surface area contributed by atoms with Crippen molar-refractivity contribution in [2.24, 2.45) is 0 Å². The van der Waals surface area contributed by atoms with E-state index in [1.165, 1.54) is 12.0 Å². The number of anilines is 1. The Morgan fingerprint density at radius 1 is 1.06 bits per heavy atom. The van der Waals surface area contributed by atoms with Crippen LogP contribution in [0.15, 0.2) is 72.3 Å². The highest BCUT2D eigenvalue weighted by molar-refractivity contribution is 6.51. The van der Waals surface area contributed by atoms with Crippen LogP contribution in [0.2, 0.25) is 5.02 Å². The summed E-state index contributed by atoms with van der Waals surface area (Å²) in [6.45, 7) is 4.14. The van der Waals surface area contributed by atoms with E-state index in [1.807, 2.05) is 19.9 Å². The van der Waals surface area contributed by atoms with Crippen LogP contribution in [0, 0.1) is 6.92 Å². The summed E-state index contributed by atoms with van der Waals surface area (Å²) in [6, 6.07) is 18.5. The quantitative estimate of drug-likeness (QED) is 0.281. The average molecular weight is 478 g/mol. The van der Waals surface area contributed by atoms with Gasteiger partial charge in [0.2, 0.25) is 0 Å². The van der Waals surface area contributed by atoms with Crippen LogP contribution in [-0.4, -0.2) is 30.5 Å². The second-order valence-electron chi connectivity index (χ2n) is 7.84. The molecule has 1 aliphatic rings. The fraction of sp³-hybridized carbons (Fsp3) is 0.185. The molecule has 0 radical (unpaired) electrons. The number of halogens is 1. The first-order valence-electron chi connectivity index (χ1n) is 10.8. The number of Topliss-reactive ketones (excluding diaryl/α,β-unsaturated/α-hetero) is 1. The maximum Gasteiger partial charge on any atom is 0.300 e. The monoisotopic (exact) mass is 477 g/mol. The molecule has 1 unspecified atom stereocenters. The number of hydrogen-bond acceptors (Lipinski definition) is 5. The van der Waals surface area contributed by atoms with Crippen LogP contribution in [-0.2, 0) is 9.59 Å². The first kappa shape index (κ1) is 23.4. The Morgan fingerprint density at radius 3 is 2.47 bits per heavy atom. The number of ketones is 1. The van der Waals surface area contributed by atoms with Crippen LogP contribution in [0.25, 0.3) is 5.76 Å². The Balaban J connectivity index is 2.00. The minimum absolute atomic E-state index is 0.0533. The molecule has 3 aromatic carbocycles. The van der Waals surface area contributed by atoms with Crippen molar-refractivity contribution in [3.8, 4) is 11.5 Å². The maximum atomic E-state index is 13.4. The molecule has 0 aliphatic carbocycles. The van der Waals surface area contributed by atoms with Crippen molar-refractivity contribution < 1.29 is 24.2 Å². The number of aryl methyl sites for hydroxylation is 1. The summed E-state index contributed by atoms with van der Waals surface area (Å²) in [4.78, 5) is 28.0. The number of benzene rings is 3.